The summed E-state index contributed by atoms with van der Waals surface area (Å²) in [5.74, 6) is 0.276. The molecule has 1 fully saturated rings. The zero-order valence-corrected chi connectivity index (χ0v) is 10.8. The molecule has 0 aliphatic carbocycles. The van der Waals surface area contributed by atoms with E-state index in [2.05, 4.69) is 9.89 Å². The lowest BCUT2D eigenvalue weighted by atomic mass is 10.0. The standard InChI is InChI=1S/C14H16N2O3/c1-19-13-6-9-8-16-5-3-2-4-11(16)14(18)15-10(9)7-12(13)17/h6-8,11,17H,2-5H2,1H3/t11-/m1/s1. The molecule has 0 bridgehead atoms. The summed E-state index contributed by atoms with van der Waals surface area (Å²) in [7, 11) is 1.50. The highest BCUT2D eigenvalue weighted by atomic mass is 16.5. The van der Waals surface area contributed by atoms with Gasteiger partial charge in [0, 0.05) is 24.0 Å². The highest BCUT2D eigenvalue weighted by Crippen LogP contribution is 2.22. The fourth-order valence-corrected chi connectivity index (χ4v) is 2.68. The van der Waals surface area contributed by atoms with Crippen molar-refractivity contribution in [2.45, 2.75) is 25.3 Å². The van der Waals surface area contributed by atoms with E-state index in [1.165, 1.54) is 13.2 Å². The van der Waals surface area contributed by atoms with Crippen LogP contribution in [0.2, 0.25) is 0 Å². The summed E-state index contributed by atoms with van der Waals surface area (Å²) in [5, 5.41) is 11.1. The molecule has 100 valence electrons. The van der Waals surface area contributed by atoms with Crippen LogP contribution >= 0.6 is 0 Å². The van der Waals surface area contributed by atoms with E-state index in [1.54, 1.807) is 6.07 Å². The number of carbonyl (C=O) groups excluding carboxylic acids is 1. The number of aromatic hydroxyl groups is 1. The molecule has 0 aromatic heterocycles. The number of benzene rings is 1. The predicted molar refractivity (Wildman–Crippen MR) is 69.3 cm³/mol. The molecular formula is C14H16N2O3. The fraction of sp³-hybridized carbons (Fsp3) is 0.429. The number of fused-ring (bicyclic) bond motifs is 2. The first kappa shape index (κ1) is 12.0. The quantitative estimate of drug-likeness (QED) is 0.781. The number of phenolic OH excluding ortho intramolecular Hbond substituents is 1. The molecule has 2 aliphatic rings. The molecule has 1 aromatic carbocycles. The van der Waals surface area contributed by atoms with Gasteiger partial charge in [-0.25, -0.2) is 4.99 Å². The minimum Gasteiger partial charge on any atom is -0.504 e. The normalized spacial score (nSPS) is 21.6. The number of amides is 1. The Morgan fingerprint density at radius 3 is 3.05 bits per heavy atom. The summed E-state index contributed by atoms with van der Waals surface area (Å²) in [4.78, 5) is 18.3. The molecule has 5 nitrogen and oxygen atoms in total. The number of piperidine rings is 1. The molecule has 1 N–H and O–H groups in total. The Labute approximate surface area is 110 Å². The third kappa shape index (κ3) is 2.05. The van der Waals surface area contributed by atoms with Gasteiger partial charge in [-0.3, -0.25) is 4.79 Å². The van der Waals surface area contributed by atoms with Crippen LogP contribution in [0.4, 0.5) is 0 Å². The maximum absolute atomic E-state index is 12.1. The van der Waals surface area contributed by atoms with Crippen molar-refractivity contribution in [3.05, 3.63) is 22.7 Å². The predicted octanol–water partition coefficient (Wildman–Crippen LogP) is 0.153. The van der Waals surface area contributed by atoms with E-state index in [9.17, 15) is 9.90 Å². The average molecular weight is 260 g/mol. The van der Waals surface area contributed by atoms with Gasteiger partial charge in [-0.2, -0.15) is 0 Å². The van der Waals surface area contributed by atoms with Crippen molar-refractivity contribution < 1.29 is 14.6 Å². The van der Waals surface area contributed by atoms with Crippen molar-refractivity contribution in [1.29, 1.82) is 0 Å². The number of hydrogen-bond donors (Lipinski definition) is 1. The minimum absolute atomic E-state index is 0.00562. The summed E-state index contributed by atoms with van der Waals surface area (Å²) in [6.07, 6.45) is 4.94. The van der Waals surface area contributed by atoms with Crippen LogP contribution in [0.1, 0.15) is 19.3 Å². The molecule has 0 spiro atoms. The third-order valence-corrected chi connectivity index (χ3v) is 3.69. The first-order valence-corrected chi connectivity index (χ1v) is 6.46. The number of rotatable bonds is 1. The van der Waals surface area contributed by atoms with E-state index in [0.29, 0.717) is 11.1 Å². The maximum Gasteiger partial charge on any atom is 0.268 e. The SMILES string of the molecule is COc1cc2c(cc1O)=NC(=O)[C@H]1CCCCN1C=2. The molecule has 0 saturated carbocycles. The molecule has 19 heavy (non-hydrogen) atoms. The van der Waals surface area contributed by atoms with Crippen molar-refractivity contribution in [3.63, 3.8) is 0 Å². The summed E-state index contributed by atoms with van der Waals surface area (Å²) in [5.41, 5.74) is 0. The van der Waals surface area contributed by atoms with E-state index < -0.39 is 0 Å². The van der Waals surface area contributed by atoms with E-state index in [0.717, 1.165) is 31.0 Å². The Morgan fingerprint density at radius 2 is 2.26 bits per heavy atom. The zero-order chi connectivity index (χ0) is 13.4. The van der Waals surface area contributed by atoms with Crippen molar-refractivity contribution >= 4 is 12.1 Å². The second-order valence-electron chi connectivity index (χ2n) is 4.91. The Morgan fingerprint density at radius 1 is 1.42 bits per heavy atom. The number of methoxy groups -OCH3 is 1. The van der Waals surface area contributed by atoms with Crippen molar-refractivity contribution in [3.8, 4) is 11.5 Å². The van der Waals surface area contributed by atoms with Crippen LogP contribution in [0.15, 0.2) is 17.1 Å². The van der Waals surface area contributed by atoms with E-state index >= 15 is 0 Å². The van der Waals surface area contributed by atoms with Crippen LogP contribution in [0.3, 0.4) is 0 Å². The van der Waals surface area contributed by atoms with Crippen LogP contribution in [0.5, 0.6) is 11.5 Å². The Balaban J connectivity index is 2.20. The summed E-state index contributed by atoms with van der Waals surface area (Å²) in [6, 6.07) is 3.05. The van der Waals surface area contributed by atoms with Gasteiger partial charge in [0.1, 0.15) is 6.04 Å². The molecule has 1 atom stereocenters. The molecule has 3 rings (SSSR count). The van der Waals surface area contributed by atoms with E-state index in [1.807, 2.05) is 6.20 Å². The maximum atomic E-state index is 12.1. The number of nitrogens with zero attached hydrogens (tertiary/aromatic N) is 2. The Kier molecular flexibility index (Phi) is 2.89. The van der Waals surface area contributed by atoms with Gasteiger partial charge in [-0.05, 0) is 25.3 Å². The number of ether oxygens (including phenoxy) is 1. The van der Waals surface area contributed by atoms with E-state index in [-0.39, 0.29) is 17.7 Å². The lowest BCUT2D eigenvalue weighted by Gasteiger charge is -2.31. The van der Waals surface area contributed by atoms with Gasteiger partial charge < -0.3 is 14.7 Å². The second kappa shape index (κ2) is 4.57. The molecule has 2 heterocycles. The molecule has 1 saturated heterocycles. The zero-order valence-electron chi connectivity index (χ0n) is 10.8. The highest BCUT2D eigenvalue weighted by Gasteiger charge is 2.27. The van der Waals surface area contributed by atoms with Gasteiger partial charge >= 0.3 is 0 Å². The van der Waals surface area contributed by atoms with Gasteiger partial charge in [0.25, 0.3) is 5.91 Å². The summed E-state index contributed by atoms with van der Waals surface area (Å²) < 4.78 is 5.10. The van der Waals surface area contributed by atoms with Crippen LogP contribution < -0.4 is 15.3 Å². The largest absolute Gasteiger partial charge is 0.504 e. The minimum atomic E-state index is -0.158. The molecule has 5 heteroatoms. The van der Waals surface area contributed by atoms with Gasteiger partial charge in [0.15, 0.2) is 11.5 Å². The molecular weight excluding hydrogens is 244 g/mol. The van der Waals surface area contributed by atoms with Gasteiger partial charge in [0.05, 0.1) is 12.5 Å². The van der Waals surface area contributed by atoms with Crippen LogP contribution in [0, 0.1) is 0 Å². The van der Waals surface area contributed by atoms with Crippen LogP contribution in [0.25, 0.3) is 6.20 Å². The number of carbonyl (C=O) groups is 1. The molecule has 2 aliphatic heterocycles. The fourth-order valence-electron chi connectivity index (χ4n) is 2.68. The van der Waals surface area contributed by atoms with Crippen LogP contribution in [-0.2, 0) is 4.79 Å². The van der Waals surface area contributed by atoms with Gasteiger partial charge in [-0.15, -0.1) is 0 Å². The molecule has 1 aromatic rings. The summed E-state index contributed by atoms with van der Waals surface area (Å²) >= 11 is 0. The first-order valence-electron chi connectivity index (χ1n) is 6.46. The van der Waals surface area contributed by atoms with E-state index in [4.69, 9.17) is 4.74 Å². The third-order valence-electron chi connectivity index (χ3n) is 3.69. The number of hydrogen-bond acceptors (Lipinski definition) is 4. The Bertz CT molecular complexity index is 639. The Hall–Kier alpha value is -2.04. The number of phenols is 1. The average Bonchev–Trinajstić information content (AvgIpc) is 2.54. The van der Waals surface area contributed by atoms with Gasteiger partial charge in [-0.1, -0.05) is 0 Å². The topological polar surface area (TPSA) is 62.1 Å². The second-order valence-corrected chi connectivity index (χ2v) is 4.91. The highest BCUT2D eigenvalue weighted by molar-refractivity contribution is 5.84. The van der Waals surface area contributed by atoms with Crippen LogP contribution in [-0.4, -0.2) is 35.6 Å². The van der Waals surface area contributed by atoms with Crippen molar-refractivity contribution in [1.82, 2.24) is 4.90 Å². The molecule has 0 radical (unpaired) electrons. The first-order chi connectivity index (χ1) is 9.19. The lowest BCUT2D eigenvalue weighted by Crippen LogP contribution is -2.40. The monoisotopic (exact) mass is 260 g/mol. The summed E-state index contributed by atoms with van der Waals surface area (Å²) in [6.45, 7) is 0.870. The van der Waals surface area contributed by atoms with Crippen molar-refractivity contribution in [2.75, 3.05) is 13.7 Å². The molecule has 0 unspecified atom stereocenters. The van der Waals surface area contributed by atoms with Crippen molar-refractivity contribution in [2.24, 2.45) is 4.99 Å². The molecule has 1 amide bonds. The lowest BCUT2D eigenvalue weighted by molar-refractivity contribution is -0.122. The smallest absolute Gasteiger partial charge is 0.268 e. The van der Waals surface area contributed by atoms with Gasteiger partial charge in [0.2, 0.25) is 0 Å².